The van der Waals surface area contributed by atoms with Crippen LogP contribution in [0.3, 0.4) is 0 Å². The molecule has 2 aromatic heterocycles. The summed E-state index contributed by atoms with van der Waals surface area (Å²) in [5.41, 5.74) is 2.14. The average Bonchev–Trinajstić information content (AvgIpc) is 2.77. The van der Waals surface area contributed by atoms with E-state index in [1.807, 2.05) is 40.4 Å². The topological polar surface area (TPSA) is 17.3 Å². The van der Waals surface area contributed by atoms with Gasteiger partial charge in [-0.15, -0.1) is 11.3 Å². The summed E-state index contributed by atoms with van der Waals surface area (Å²) in [5.74, 6) is 0. The van der Waals surface area contributed by atoms with E-state index in [1.165, 1.54) is 0 Å². The van der Waals surface area contributed by atoms with Crippen LogP contribution in [0.2, 0.25) is 0 Å². The van der Waals surface area contributed by atoms with E-state index in [0.29, 0.717) is 0 Å². The van der Waals surface area contributed by atoms with E-state index in [1.54, 1.807) is 11.3 Å². The number of fused-ring (bicyclic) bond motifs is 1. The number of nitrogens with zero attached hydrogens (tertiary/aromatic N) is 2. The SMILES string of the molecule is Brc1ccccc1-c1cn2ccsc2n1. The van der Waals surface area contributed by atoms with Crippen LogP contribution in [0.5, 0.6) is 0 Å². The Hall–Kier alpha value is -1.13. The van der Waals surface area contributed by atoms with Crippen molar-refractivity contribution in [3.63, 3.8) is 0 Å². The number of benzene rings is 1. The summed E-state index contributed by atoms with van der Waals surface area (Å²) in [4.78, 5) is 5.58. The normalized spacial score (nSPS) is 11.0. The van der Waals surface area contributed by atoms with Crippen molar-refractivity contribution < 1.29 is 0 Å². The predicted octanol–water partition coefficient (Wildman–Crippen LogP) is 3.83. The van der Waals surface area contributed by atoms with E-state index in [-0.39, 0.29) is 0 Å². The number of imidazole rings is 1. The number of hydrogen-bond acceptors (Lipinski definition) is 2. The quantitative estimate of drug-likeness (QED) is 0.661. The van der Waals surface area contributed by atoms with Crippen LogP contribution >= 0.6 is 27.3 Å². The number of halogens is 1. The monoisotopic (exact) mass is 278 g/mol. The van der Waals surface area contributed by atoms with Gasteiger partial charge in [0.2, 0.25) is 0 Å². The zero-order valence-electron chi connectivity index (χ0n) is 7.72. The van der Waals surface area contributed by atoms with Gasteiger partial charge in [-0.2, -0.15) is 0 Å². The molecule has 2 nitrogen and oxygen atoms in total. The van der Waals surface area contributed by atoms with E-state index in [4.69, 9.17) is 0 Å². The van der Waals surface area contributed by atoms with Gasteiger partial charge in [0, 0.05) is 27.8 Å². The first-order valence-electron chi connectivity index (χ1n) is 4.52. The first-order chi connectivity index (χ1) is 7.34. The van der Waals surface area contributed by atoms with Crippen molar-refractivity contribution in [2.75, 3.05) is 0 Å². The van der Waals surface area contributed by atoms with Gasteiger partial charge in [0.15, 0.2) is 4.96 Å². The van der Waals surface area contributed by atoms with Crippen molar-refractivity contribution in [2.24, 2.45) is 0 Å². The smallest absolute Gasteiger partial charge is 0.194 e. The molecular weight excluding hydrogens is 272 g/mol. The molecular formula is C11H7BrN2S. The molecule has 0 atom stereocenters. The lowest BCUT2D eigenvalue weighted by atomic mass is 10.2. The van der Waals surface area contributed by atoms with E-state index in [2.05, 4.69) is 27.0 Å². The molecule has 0 aliphatic rings. The third kappa shape index (κ3) is 1.50. The molecule has 2 heterocycles. The maximum Gasteiger partial charge on any atom is 0.194 e. The summed E-state index contributed by atoms with van der Waals surface area (Å²) in [5, 5.41) is 2.03. The molecule has 0 amide bonds. The molecule has 4 heteroatoms. The summed E-state index contributed by atoms with van der Waals surface area (Å²) in [6.07, 6.45) is 4.07. The summed E-state index contributed by atoms with van der Waals surface area (Å²) < 4.78 is 3.12. The van der Waals surface area contributed by atoms with Crippen LogP contribution in [-0.4, -0.2) is 9.38 Å². The van der Waals surface area contributed by atoms with Crippen molar-refractivity contribution in [3.05, 3.63) is 46.5 Å². The molecule has 3 rings (SSSR count). The summed E-state index contributed by atoms with van der Waals surface area (Å²) >= 11 is 5.18. The van der Waals surface area contributed by atoms with E-state index in [9.17, 15) is 0 Å². The van der Waals surface area contributed by atoms with Crippen molar-refractivity contribution >= 4 is 32.2 Å². The largest absolute Gasteiger partial charge is 0.297 e. The third-order valence-corrected chi connectivity index (χ3v) is 3.71. The number of aromatic nitrogens is 2. The molecule has 0 bridgehead atoms. The van der Waals surface area contributed by atoms with Crippen LogP contribution in [0.25, 0.3) is 16.2 Å². The molecule has 0 spiro atoms. The zero-order chi connectivity index (χ0) is 10.3. The fraction of sp³-hybridized carbons (Fsp3) is 0. The Morgan fingerprint density at radius 1 is 1.27 bits per heavy atom. The predicted molar refractivity (Wildman–Crippen MR) is 66.2 cm³/mol. The van der Waals surface area contributed by atoms with Gasteiger partial charge < -0.3 is 0 Å². The maximum atomic E-state index is 4.56. The van der Waals surface area contributed by atoms with Crippen molar-refractivity contribution in [2.45, 2.75) is 0 Å². The third-order valence-electron chi connectivity index (χ3n) is 2.24. The van der Waals surface area contributed by atoms with Crippen LogP contribution in [0, 0.1) is 0 Å². The molecule has 3 aromatic rings. The van der Waals surface area contributed by atoms with Gasteiger partial charge in [0.05, 0.1) is 5.69 Å². The standard InChI is InChI=1S/C11H7BrN2S/c12-9-4-2-1-3-8(9)10-7-14-5-6-15-11(14)13-10/h1-7H. The molecule has 74 valence electrons. The van der Waals surface area contributed by atoms with Crippen molar-refractivity contribution in [1.82, 2.24) is 9.38 Å². The first-order valence-corrected chi connectivity index (χ1v) is 6.19. The highest BCUT2D eigenvalue weighted by atomic mass is 79.9. The van der Waals surface area contributed by atoms with Crippen LogP contribution in [0.1, 0.15) is 0 Å². The minimum absolute atomic E-state index is 1.01. The van der Waals surface area contributed by atoms with Gasteiger partial charge in [0.25, 0.3) is 0 Å². The Balaban J connectivity index is 2.22. The summed E-state index contributed by atoms with van der Waals surface area (Å²) in [6, 6.07) is 8.12. The highest BCUT2D eigenvalue weighted by Gasteiger charge is 2.07. The van der Waals surface area contributed by atoms with Crippen molar-refractivity contribution in [3.8, 4) is 11.3 Å². The molecule has 0 fully saturated rings. The Bertz CT molecular complexity index is 583. The van der Waals surface area contributed by atoms with Crippen LogP contribution in [0.15, 0.2) is 46.5 Å². The Labute approximate surface area is 99.3 Å². The van der Waals surface area contributed by atoms with E-state index in [0.717, 1.165) is 20.7 Å². The fourth-order valence-corrected chi connectivity index (χ4v) is 2.71. The van der Waals surface area contributed by atoms with E-state index >= 15 is 0 Å². The number of hydrogen-bond donors (Lipinski definition) is 0. The van der Waals surface area contributed by atoms with Crippen LogP contribution in [0.4, 0.5) is 0 Å². The minimum Gasteiger partial charge on any atom is -0.297 e. The lowest BCUT2D eigenvalue weighted by molar-refractivity contribution is 1.23. The highest BCUT2D eigenvalue weighted by molar-refractivity contribution is 9.10. The molecule has 15 heavy (non-hydrogen) atoms. The second kappa shape index (κ2) is 3.47. The van der Waals surface area contributed by atoms with Gasteiger partial charge in [-0.05, 0) is 6.07 Å². The number of thiazole rings is 1. The first kappa shape index (κ1) is 9.12. The summed E-state index contributed by atoms with van der Waals surface area (Å²) in [7, 11) is 0. The molecule has 1 aromatic carbocycles. The van der Waals surface area contributed by atoms with Gasteiger partial charge in [-0.3, -0.25) is 4.40 Å². The second-order valence-corrected chi connectivity index (χ2v) is 4.93. The lowest BCUT2D eigenvalue weighted by Gasteiger charge is -1.98. The molecule has 0 aliphatic carbocycles. The Kier molecular flexibility index (Phi) is 2.11. The van der Waals surface area contributed by atoms with Crippen LogP contribution < -0.4 is 0 Å². The molecule has 0 N–H and O–H groups in total. The van der Waals surface area contributed by atoms with Gasteiger partial charge >= 0.3 is 0 Å². The molecule has 0 saturated carbocycles. The summed E-state index contributed by atoms with van der Waals surface area (Å²) in [6.45, 7) is 0. The maximum absolute atomic E-state index is 4.56. The number of rotatable bonds is 1. The Morgan fingerprint density at radius 2 is 2.13 bits per heavy atom. The zero-order valence-corrected chi connectivity index (χ0v) is 10.1. The Morgan fingerprint density at radius 3 is 2.93 bits per heavy atom. The van der Waals surface area contributed by atoms with Gasteiger partial charge in [0.1, 0.15) is 0 Å². The van der Waals surface area contributed by atoms with Gasteiger partial charge in [-0.25, -0.2) is 4.98 Å². The van der Waals surface area contributed by atoms with E-state index < -0.39 is 0 Å². The molecule has 0 unspecified atom stereocenters. The second-order valence-electron chi connectivity index (χ2n) is 3.20. The fourth-order valence-electron chi connectivity index (χ4n) is 1.53. The van der Waals surface area contributed by atoms with Gasteiger partial charge in [-0.1, -0.05) is 34.1 Å². The van der Waals surface area contributed by atoms with Crippen molar-refractivity contribution in [1.29, 1.82) is 0 Å². The molecule has 0 aliphatic heterocycles. The molecule has 0 saturated heterocycles. The average molecular weight is 279 g/mol. The van der Waals surface area contributed by atoms with Crippen LogP contribution in [-0.2, 0) is 0 Å². The minimum atomic E-state index is 1.01. The lowest BCUT2D eigenvalue weighted by Crippen LogP contribution is -1.78. The molecule has 0 radical (unpaired) electrons. The highest BCUT2D eigenvalue weighted by Crippen LogP contribution is 2.28.